The van der Waals surface area contributed by atoms with Gasteiger partial charge in [-0.25, -0.2) is 4.79 Å². The molecule has 0 aliphatic carbocycles. The highest BCUT2D eigenvalue weighted by Gasteiger charge is 2.35. The molecule has 1 fully saturated rings. The van der Waals surface area contributed by atoms with Gasteiger partial charge in [-0.05, 0) is 42.8 Å². The second-order valence-corrected chi connectivity index (χ2v) is 6.25. The highest BCUT2D eigenvalue weighted by molar-refractivity contribution is 6.04. The molecule has 1 aliphatic heterocycles. The van der Waals surface area contributed by atoms with Crippen molar-refractivity contribution in [2.45, 2.75) is 13.3 Å². The van der Waals surface area contributed by atoms with E-state index in [1.165, 1.54) is 7.11 Å². The number of benzene rings is 2. The van der Waals surface area contributed by atoms with Crippen LogP contribution in [0.15, 0.2) is 48.5 Å². The van der Waals surface area contributed by atoms with Gasteiger partial charge < -0.3 is 15.0 Å². The topological polar surface area (TPSA) is 75.7 Å². The molecule has 1 unspecified atom stereocenters. The van der Waals surface area contributed by atoms with Crippen molar-refractivity contribution in [2.24, 2.45) is 5.92 Å². The van der Waals surface area contributed by atoms with Crippen LogP contribution in [0.4, 0.5) is 11.4 Å². The van der Waals surface area contributed by atoms with Crippen LogP contribution in [0.2, 0.25) is 0 Å². The monoisotopic (exact) mass is 352 g/mol. The van der Waals surface area contributed by atoms with Crippen LogP contribution in [-0.4, -0.2) is 31.4 Å². The minimum atomic E-state index is -0.432. The van der Waals surface area contributed by atoms with Crippen molar-refractivity contribution < 1.29 is 19.1 Å². The molecule has 1 N–H and O–H groups in total. The van der Waals surface area contributed by atoms with Gasteiger partial charge in [-0.3, -0.25) is 9.59 Å². The number of nitrogens with one attached hydrogen (secondary N) is 1. The summed E-state index contributed by atoms with van der Waals surface area (Å²) >= 11 is 0. The Kier molecular flexibility index (Phi) is 5.02. The summed E-state index contributed by atoms with van der Waals surface area (Å²) in [5, 5.41) is 2.81. The number of methoxy groups -OCH3 is 1. The number of carbonyl (C=O) groups is 3. The van der Waals surface area contributed by atoms with Crippen molar-refractivity contribution in [3.05, 3.63) is 59.7 Å². The van der Waals surface area contributed by atoms with E-state index < -0.39 is 11.9 Å². The lowest BCUT2D eigenvalue weighted by Gasteiger charge is -2.19. The molecule has 0 spiro atoms. The SMILES string of the molecule is COC(=O)c1ccc(NC(=O)C2CC(=O)N(c3ccccc3C)C2)cc1. The van der Waals surface area contributed by atoms with E-state index in [0.717, 1.165) is 11.3 Å². The van der Waals surface area contributed by atoms with E-state index in [2.05, 4.69) is 10.1 Å². The molecule has 2 aromatic rings. The minimum absolute atomic E-state index is 0.0551. The molecule has 6 heteroatoms. The quantitative estimate of drug-likeness (QED) is 0.859. The Morgan fingerprint density at radius 1 is 1.12 bits per heavy atom. The van der Waals surface area contributed by atoms with Gasteiger partial charge >= 0.3 is 5.97 Å². The standard InChI is InChI=1S/C20H20N2O4/c1-13-5-3-4-6-17(13)22-12-15(11-18(22)23)19(24)21-16-9-7-14(8-10-16)20(25)26-2/h3-10,15H,11-12H2,1-2H3,(H,21,24). The molecule has 1 aliphatic rings. The second kappa shape index (κ2) is 7.39. The number of carbonyl (C=O) groups excluding carboxylic acids is 3. The van der Waals surface area contributed by atoms with Crippen LogP contribution in [0.25, 0.3) is 0 Å². The summed E-state index contributed by atoms with van der Waals surface area (Å²) in [6.45, 7) is 2.30. The van der Waals surface area contributed by atoms with Crippen molar-refractivity contribution in [3.63, 3.8) is 0 Å². The predicted molar refractivity (Wildman–Crippen MR) is 98.1 cm³/mol. The molecule has 1 heterocycles. The molecule has 1 saturated heterocycles. The number of para-hydroxylation sites is 1. The van der Waals surface area contributed by atoms with Gasteiger partial charge in [0.1, 0.15) is 0 Å². The first kappa shape index (κ1) is 17.7. The maximum atomic E-state index is 12.5. The van der Waals surface area contributed by atoms with E-state index in [-0.39, 0.29) is 18.2 Å². The number of anilines is 2. The fourth-order valence-electron chi connectivity index (χ4n) is 3.03. The van der Waals surface area contributed by atoms with E-state index in [4.69, 9.17) is 0 Å². The van der Waals surface area contributed by atoms with E-state index in [1.54, 1.807) is 29.2 Å². The number of nitrogens with zero attached hydrogens (tertiary/aromatic N) is 1. The molecule has 0 aromatic heterocycles. The van der Waals surface area contributed by atoms with Crippen LogP contribution < -0.4 is 10.2 Å². The molecule has 0 bridgehead atoms. The summed E-state index contributed by atoms with van der Waals surface area (Å²) in [6, 6.07) is 14.1. The zero-order chi connectivity index (χ0) is 18.7. The van der Waals surface area contributed by atoms with Gasteiger partial charge in [0, 0.05) is 24.3 Å². The second-order valence-electron chi connectivity index (χ2n) is 6.25. The number of ether oxygens (including phenoxy) is 1. The molecule has 0 radical (unpaired) electrons. The van der Waals surface area contributed by atoms with Crippen LogP contribution in [0, 0.1) is 12.8 Å². The summed E-state index contributed by atoms with van der Waals surface area (Å²) in [5.74, 6) is -1.11. The number of esters is 1. The number of rotatable bonds is 4. The van der Waals surface area contributed by atoms with Crippen LogP contribution >= 0.6 is 0 Å². The molecule has 134 valence electrons. The predicted octanol–water partition coefficient (Wildman–Crippen LogP) is 2.77. The first-order chi connectivity index (χ1) is 12.5. The summed E-state index contributed by atoms with van der Waals surface area (Å²) < 4.78 is 4.64. The van der Waals surface area contributed by atoms with Crippen molar-refractivity contribution in [3.8, 4) is 0 Å². The van der Waals surface area contributed by atoms with Crippen molar-refractivity contribution in [1.29, 1.82) is 0 Å². The van der Waals surface area contributed by atoms with Crippen LogP contribution in [0.3, 0.4) is 0 Å². The third-order valence-electron chi connectivity index (χ3n) is 4.48. The fourth-order valence-corrected chi connectivity index (χ4v) is 3.03. The number of aryl methyl sites for hydroxylation is 1. The Hall–Kier alpha value is -3.15. The van der Waals surface area contributed by atoms with E-state index in [1.807, 2.05) is 31.2 Å². The molecule has 0 saturated carbocycles. The first-order valence-corrected chi connectivity index (χ1v) is 8.35. The largest absolute Gasteiger partial charge is 0.465 e. The zero-order valence-corrected chi connectivity index (χ0v) is 14.7. The molecule has 1 atom stereocenters. The van der Waals surface area contributed by atoms with Gasteiger partial charge in [0.05, 0.1) is 18.6 Å². The van der Waals surface area contributed by atoms with E-state index in [9.17, 15) is 14.4 Å². The molecule has 2 aromatic carbocycles. The van der Waals surface area contributed by atoms with Gasteiger partial charge in [0.2, 0.25) is 11.8 Å². The third kappa shape index (κ3) is 3.59. The van der Waals surface area contributed by atoms with E-state index in [0.29, 0.717) is 17.8 Å². The highest BCUT2D eigenvalue weighted by Crippen LogP contribution is 2.28. The number of hydrogen-bond donors (Lipinski definition) is 1. The molecule has 2 amide bonds. The first-order valence-electron chi connectivity index (χ1n) is 8.35. The lowest BCUT2D eigenvalue weighted by atomic mass is 10.1. The van der Waals surface area contributed by atoms with Crippen molar-refractivity contribution >= 4 is 29.2 Å². The maximum Gasteiger partial charge on any atom is 0.337 e. The minimum Gasteiger partial charge on any atom is -0.465 e. The van der Waals surface area contributed by atoms with Crippen LogP contribution in [0.5, 0.6) is 0 Å². The molecular formula is C20H20N2O4. The van der Waals surface area contributed by atoms with Gasteiger partial charge in [-0.1, -0.05) is 18.2 Å². The molecule has 6 nitrogen and oxygen atoms in total. The van der Waals surface area contributed by atoms with Crippen LogP contribution in [0.1, 0.15) is 22.3 Å². The summed E-state index contributed by atoms with van der Waals surface area (Å²) in [6.07, 6.45) is 0.181. The zero-order valence-electron chi connectivity index (χ0n) is 14.7. The molecule has 26 heavy (non-hydrogen) atoms. The third-order valence-corrected chi connectivity index (χ3v) is 4.48. The molecule has 3 rings (SSSR count). The van der Waals surface area contributed by atoms with Gasteiger partial charge in [-0.2, -0.15) is 0 Å². The average Bonchev–Trinajstić information content (AvgIpc) is 3.04. The average molecular weight is 352 g/mol. The number of hydrogen-bond acceptors (Lipinski definition) is 4. The van der Waals surface area contributed by atoms with Crippen molar-refractivity contribution in [1.82, 2.24) is 0 Å². The Morgan fingerprint density at radius 2 is 1.81 bits per heavy atom. The summed E-state index contributed by atoms with van der Waals surface area (Å²) in [7, 11) is 1.31. The fraction of sp³-hybridized carbons (Fsp3) is 0.250. The molecular weight excluding hydrogens is 332 g/mol. The van der Waals surface area contributed by atoms with Gasteiger partial charge in [-0.15, -0.1) is 0 Å². The highest BCUT2D eigenvalue weighted by atomic mass is 16.5. The Bertz CT molecular complexity index is 845. The lowest BCUT2D eigenvalue weighted by Crippen LogP contribution is -2.28. The van der Waals surface area contributed by atoms with E-state index >= 15 is 0 Å². The Labute approximate surface area is 151 Å². The van der Waals surface area contributed by atoms with Crippen LogP contribution in [-0.2, 0) is 14.3 Å². The lowest BCUT2D eigenvalue weighted by molar-refractivity contribution is -0.122. The van der Waals surface area contributed by atoms with Gasteiger partial charge in [0.25, 0.3) is 0 Å². The van der Waals surface area contributed by atoms with Gasteiger partial charge in [0.15, 0.2) is 0 Å². The normalized spacial score (nSPS) is 16.5. The smallest absolute Gasteiger partial charge is 0.337 e. The summed E-state index contributed by atoms with van der Waals surface area (Å²) in [4.78, 5) is 38.0. The Morgan fingerprint density at radius 3 is 2.46 bits per heavy atom. The summed E-state index contributed by atoms with van der Waals surface area (Å²) in [5.41, 5.74) is 2.83. The number of amides is 2. The maximum absolute atomic E-state index is 12.5. The van der Waals surface area contributed by atoms with Crippen molar-refractivity contribution in [2.75, 3.05) is 23.9 Å². The Balaban J connectivity index is 1.67.